The Morgan fingerprint density at radius 1 is 1.31 bits per heavy atom. The zero-order valence-electron chi connectivity index (χ0n) is 9.87. The van der Waals surface area contributed by atoms with Crippen LogP contribution >= 0.6 is 0 Å². The first kappa shape index (κ1) is 12.5. The zero-order valence-corrected chi connectivity index (χ0v) is 9.87. The molecule has 0 aliphatic heterocycles. The van der Waals surface area contributed by atoms with E-state index < -0.39 is 0 Å². The quantitative estimate of drug-likeness (QED) is 0.774. The maximum atomic E-state index is 11.2. The number of hydrogen-bond donors (Lipinski definition) is 1. The molecular weight excluding hydrogens is 206 g/mol. The largest absolute Gasteiger partial charge is 0.484 e. The SMILES string of the molecule is CCONC(=O)COc1ccc(C)c(C)c1. The van der Waals surface area contributed by atoms with Gasteiger partial charge >= 0.3 is 0 Å². The maximum absolute atomic E-state index is 11.2. The van der Waals surface area contributed by atoms with Gasteiger partial charge in [-0.3, -0.25) is 9.63 Å². The van der Waals surface area contributed by atoms with E-state index in [2.05, 4.69) is 5.48 Å². The van der Waals surface area contributed by atoms with Crippen molar-refractivity contribution >= 4 is 5.91 Å². The molecule has 88 valence electrons. The van der Waals surface area contributed by atoms with Crippen molar-refractivity contribution < 1.29 is 14.4 Å². The van der Waals surface area contributed by atoms with E-state index in [4.69, 9.17) is 9.57 Å². The predicted octanol–water partition coefficient (Wildman–Crippen LogP) is 1.75. The lowest BCUT2D eigenvalue weighted by Gasteiger charge is -2.08. The van der Waals surface area contributed by atoms with Crippen LogP contribution in [-0.2, 0) is 9.63 Å². The highest BCUT2D eigenvalue weighted by molar-refractivity contribution is 5.76. The first-order valence-electron chi connectivity index (χ1n) is 5.24. The predicted molar refractivity (Wildman–Crippen MR) is 61.2 cm³/mol. The van der Waals surface area contributed by atoms with Gasteiger partial charge in [0.1, 0.15) is 5.75 Å². The first-order chi connectivity index (χ1) is 7.63. The highest BCUT2D eigenvalue weighted by atomic mass is 16.7. The number of nitrogens with one attached hydrogen (secondary N) is 1. The second kappa shape index (κ2) is 6.12. The summed E-state index contributed by atoms with van der Waals surface area (Å²) in [6.07, 6.45) is 0. The van der Waals surface area contributed by atoms with Crippen molar-refractivity contribution in [2.45, 2.75) is 20.8 Å². The van der Waals surface area contributed by atoms with Crippen LogP contribution in [0.4, 0.5) is 0 Å². The van der Waals surface area contributed by atoms with Crippen molar-refractivity contribution in [3.8, 4) is 5.75 Å². The molecule has 0 fully saturated rings. The zero-order chi connectivity index (χ0) is 12.0. The van der Waals surface area contributed by atoms with E-state index in [1.807, 2.05) is 32.0 Å². The molecule has 1 rings (SSSR count). The molecule has 1 N–H and O–H groups in total. The molecular formula is C12H17NO3. The van der Waals surface area contributed by atoms with Gasteiger partial charge in [0.15, 0.2) is 6.61 Å². The van der Waals surface area contributed by atoms with Crippen LogP contribution in [0.5, 0.6) is 5.75 Å². The average molecular weight is 223 g/mol. The summed E-state index contributed by atoms with van der Waals surface area (Å²) in [5.41, 5.74) is 4.61. The van der Waals surface area contributed by atoms with E-state index in [0.717, 1.165) is 5.56 Å². The molecule has 4 heteroatoms. The highest BCUT2D eigenvalue weighted by Crippen LogP contribution is 2.16. The lowest BCUT2D eigenvalue weighted by Crippen LogP contribution is -2.28. The Kier molecular flexibility index (Phi) is 4.79. The third-order valence-electron chi connectivity index (χ3n) is 2.18. The third kappa shape index (κ3) is 3.90. The molecule has 0 aliphatic carbocycles. The van der Waals surface area contributed by atoms with Gasteiger partial charge in [-0.2, -0.15) is 0 Å². The number of aryl methyl sites for hydroxylation is 2. The summed E-state index contributed by atoms with van der Waals surface area (Å²) in [6, 6.07) is 5.71. The molecule has 0 heterocycles. The minimum atomic E-state index is -0.292. The summed E-state index contributed by atoms with van der Waals surface area (Å²) in [7, 11) is 0. The number of carbonyl (C=O) groups excluding carboxylic acids is 1. The minimum Gasteiger partial charge on any atom is -0.484 e. The van der Waals surface area contributed by atoms with Gasteiger partial charge in [0.25, 0.3) is 5.91 Å². The Hall–Kier alpha value is -1.55. The van der Waals surface area contributed by atoms with E-state index in [1.54, 1.807) is 6.92 Å². The fourth-order valence-electron chi connectivity index (χ4n) is 1.13. The fourth-order valence-corrected chi connectivity index (χ4v) is 1.13. The molecule has 0 aromatic heterocycles. The van der Waals surface area contributed by atoms with Crippen molar-refractivity contribution in [2.24, 2.45) is 0 Å². The van der Waals surface area contributed by atoms with Crippen molar-refractivity contribution in [3.63, 3.8) is 0 Å². The maximum Gasteiger partial charge on any atom is 0.281 e. The fraction of sp³-hybridized carbons (Fsp3) is 0.417. The summed E-state index contributed by atoms with van der Waals surface area (Å²) in [4.78, 5) is 15.9. The molecule has 0 saturated heterocycles. The molecule has 1 aromatic rings. The van der Waals surface area contributed by atoms with E-state index in [1.165, 1.54) is 5.56 Å². The Labute approximate surface area is 95.5 Å². The summed E-state index contributed by atoms with van der Waals surface area (Å²) < 4.78 is 5.31. The van der Waals surface area contributed by atoms with Crippen molar-refractivity contribution in [3.05, 3.63) is 29.3 Å². The Bertz CT molecular complexity index is 363. The van der Waals surface area contributed by atoms with Crippen LogP contribution in [0.3, 0.4) is 0 Å². The summed E-state index contributed by atoms with van der Waals surface area (Å²) >= 11 is 0. The van der Waals surface area contributed by atoms with Gasteiger partial charge in [-0.05, 0) is 44.0 Å². The number of hydroxylamine groups is 1. The lowest BCUT2D eigenvalue weighted by atomic mass is 10.1. The number of amides is 1. The van der Waals surface area contributed by atoms with Gasteiger partial charge < -0.3 is 4.74 Å². The van der Waals surface area contributed by atoms with Crippen molar-refractivity contribution in [2.75, 3.05) is 13.2 Å². The van der Waals surface area contributed by atoms with Crippen LogP contribution in [0.25, 0.3) is 0 Å². The summed E-state index contributed by atoms with van der Waals surface area (Å²) in [6.45, 7) is 6.23. The average Bonchev–Trinajstić information content (AvgIpc) is 2.28. The molecule has 0 spiro atoms. The first-order valence-corrected chi connectivity index (χ1v) is 5.24. The monoisotopic (exact) mass is 223 g/mol. The molecule has 0 radical (unpaired) electrons. The third-order valence-corrected chi connectivity index (χ3v) is 2.18. The van der Waals surface area contributed by atoms with Crippen molar-refractivity contribution in [1.29, 1.82) is 0 Å². The van der Waals surface area contributed by atoms with Gasteiger partial charge in [0.2, 0.25) is 0 Å². The van der Waals surface area contributed by atoms with E-state index in [-0.39, 0.29) is 12.5 Å². The van der Waals surface area contributed by atoms with Gasteiger partial charge in [-0.25, -0.2) is 5.48 Å². The molecule has 4 nitrogen and oxygen atoms in total. The minimum absolute atomic E-state index is 0.0392. The van der Waals surface area contributed by atoms with Crippen LogP contribution in [0.15, 0.2) is 18.2 Å². The van der Waals surface area contributed by atoms with Crippen LogP contribution in [0, 0.1) is 13.8 Å². The van der Waals surface area contributed by atoms with Crippen molar-refractivity contribution in [1.82, 2.24) is 5.48 Å². The smallest absolute Gasteiger partial charge is 0.281 e. The molecule has 1 amide bonds. The molecule has 0 aliphatic rings. The Balaban J connectivity index is 2.42. The second-order valence-corrected chi connectivity index (χ2v) is 3.49. The standard InChI is InChI=1S/C12H17NO3/c1-4-16-13-12(14)8-15-11-6-5-9(2)10(3)7-11/h5-7H,4,8H2,1-3H3,(H,13,14). The molecule has 0 atom stereocenters. The van der Waals surface area contributed by atoms with E-state index >= 15 is 0 Å². The van der Waals surface area contributed by atoms with Crippen LogP contribution in [0.2, 0.25) is 0 Å². The molecule has 1 aromatic carbocycles. The number of rotatable bonds is 5. The Morgan fingerprint density at radius 2 is 2.06 bits per heavy atom. The van der Waals surface area contributed by atoms with Gasteiger partial charge in [-0.1, -0.05) is 6.07 Å². The second-order valence-electron chi connectivity index (χ2n) is 3.49. The topological polar surface area (TPSA) is 47.6 Å². The number of carbonyl (C=O) groups is 1. The van der Waals surface area contributed by atoms with Gasteiger partial charge in [-0.15, -0.1) is 0 Å². The van der Waals surface area contributed by atoms with Gasteiger partial charge in [0, 0.05) is 0 Å². The number of ether oxygens (including phenoxy) is 1. The lowest BCUT2D eigenvalue weighted by molar-refractivity contribution is -0.135. The van der Waals surface area contributed by atoms with Crippen LogP contribution < -0.4 is 10.2 Å². The summed E-state index contributed by atoms with van der Waals surface area (Å²) in [5, 5.41) is 0. The number of benzene rings is 1. The molecule has 0 unspecified atom stereocenters. The van der Waals surface area contributed by atoms with E-state index in [0.29, 0.717) is 12.4 Å². The molecule has 16 heavy (non-hydrogen) atoms. The Morgan fingerprint density at radius 3 is 2.69 bits per heavy atom. The van der Waals surface area contributed by atoms with E-state index in [9.17, 15) is 4.79 Å². The number of hydrogen-bond acceptors (Lipinski definition) is 3. The normalized spacial score (nSPS) is 9.94. The highest BCUT2D eigenvalue weighted by Gasteiger charge is 2.02. The molecule has 0 saturated carbocycles. The van der Waals surface area contributed by atoms with Crippen LogP contribution in [-0.4, -0.2) is 19.1 Å². The summed E-state index contributed by atoms with van der Waals surface area (Å²) in [5.74, 6) is 0.398. The molecule has 0 bridgehead atoms. The van der Waals surface area contributed by atoms with Gasteiger partial charge in [0.05, 0.1) is 6.61 Å². The van der Waals surface area contributed by atoms with Crippen LogP contribution in [0.1, 0.15) is 18.1 Å².